The van der Waals surface area contributed by atoms with Gasteiger partial charge in [-0.3, -0.25) is 0 Å². The second kappa shape index (κ2) is 5.01. The van der Waals surface area contributed by atoms with E-state index in [1.807, 2.05) is 6.26 Å². The summed E-state index contributed by atoms with van der Waals surface area (Å²) in [5, 5.41) is 3.63. The molecule has 0 aliphatic heterocycles. The van der Waals surface area contributed by atoms with Crippen LogP contribution in [0.15, 0.2) is 35.5 Å². The lowest BCUT2D eigenvalue weighted by atomic mass is 10.3. The van der Waals surface area contributed by atoms with Gasteiger partial charge in [0.05, 0.1) is 0 Å². The van der Waals surface area contributed by atoms with Crippen LogP contribution in [0.3, 0.4) is 0 Å². The lowest BCUT2D eigenvalue weighted by molar-refractivity contribution is 0.628. The summed E-state index contributed by atoms with van der Waals surface area (Å²) in [7, 11) is 0. The van der Waals surface area contributed by atoms with Crippen LogP contribution in [0.5, 0.6) is 0 Å². The molecule has 0 saturated carbocycles. The fourth-order valence-corrected chi connectivity index (χ4v) is 1.67. The van der Waals surface area contributed by atoms with Crippen molar-refractivity contribution in [2.75, 3.05) is 17.3 Å². The van der Waals surface area contributed by atoms with Gasteiger partial charge in [0.1, 0.15) is 17.5 Å². The third kappa shape index (κ3) is 3.07. The minimum absolute atomic E-state index is 0.275. The first kappa shape index (κ1) is 11.7. The molecule has 0 aliphatic carbocycles. The predicted molar refractivity (Wildman–Crippen MR) is 67.9 cm³/mol. The van der Waals surface area contributed by atoms with E-state index in [1.54, 1.807) is 18.2 Å². The van der Waals surface area contributed by atoms with Crippen LogP contribution >= 0.6 is 11.8 Å². The molecule has 0 aliphatic rings. The Morgan fingerprint density at radius 1 is 1.24 bits per heavy atom. The molecule has 1 heterocycles. The Balaban J connectivity index is 2.23. The number of thioether (sulfide) groups is 1. The minimum atomic E-state index is -0.275. The molecule has 6 heteroatoms. The summed E-state index contributed by atoms with van der Waals surface area (Å²) >= 11 is 1.41. The van der Waals surface area contributed by atoms with Crippen LogP contribution in [-0.4, -0.2) is 16.2 Å². The SMILES string of the molecule is CSc1nc(N)cc(Nc2ccc(F)cc2)n1. The van der Waals surface area contributed by atoms with Crippen LogP contribution in [0.2, 0.25) is 0 Å². The van der Waals surface area contributed by atoms with E-state index in [2.05, 4.69) is 15.3 Å². The second-order valence-corrected chi connectivity index (χ2v) is 4.07. The van der Waals surface area contributed by atoms with Crippen molar-refractivity contribution >= 4 is 29.1 Å². The average Bonchev–Trinajstić information content (AvgIpc) is 2.31. The molecule has 1 aromatic carbocycles. The van der Waals surface area contributed by atoms with E-state index in [9.17, 15) is 4.39 Å². The third-order valence-corrected chi connectivity index (χ3v) is 2.57. The van der Waals surface area contributed by atoms with E-state index in [1.165, 1.54) is 23.9 Å². The first-order chi connectivity index (χ1) is 8.17. The smallest absolute Gasteiger partial charge is 0.191 e. The van der Waals surface area contributed by atoms with Crippen LogP contribution in [0, 0.1) is 5.82 Å². The van der Waals surface area contributed by atoms with Gasteiger partial charge in [-0.2, -0.15) is 0 Å². The number of benzene rings is 1. The van der Waals surface area contributed by atoms with Crippen molar-refractivity contribution in [1.82, 2.24) is 9.97 Å². The normalized spacial score (nSPS) is 10.2. The number of nitrogens with one attached hydrogen (secondary N) is 1. The Morgan fingerprint density at radius 3 is 2.59 bits per heavy atom. The van der Waals surface area contributed by atoms with Gasteiger partial charge >= 0.3 is 0 Å². The number of anilines is 3. The topological polar surface area (TPSA) is 63.8 Å². The van der Waals surface area contributed by atoms with Crippen LogP contribution in [0.4, 0.5) is 21.7 Å². The van der Waals surface area contributed by atoms with Crippen LogP contribution < -0.4 is 11.1 Å². The van der Waals surface area contributed by atoms with Crippen LogP contribution in [0.25, 0.3) is 0 Å². The predicted octanol–water partition coefficient (Wildman–Crippen LogP) is 2.66. The van der Waals surface area contributed by atoms with Gasteiger partial charge in [0.2, 0.25) is 0 Å². The molecule has 2 rings (SSSR count). The number of hydrogen-bond donors (Lipinski definition) is 2. The Kier molecular flexibility index (Phi) is 3.43. The quantitative estimate of drug-likeness (QED) is 0.647. The number of hydrogen-bond acceptors (Lipinski definition) is 5. The summed E-state index contributed by atoms with van der Waals surface area (Å²) < 4.78 is 12.7. The molecule has 0 atom stereocenters. The molecular formula is C11H11FN4S. The number of aromatic nitrogens is 2. The van der Waals surface area contributed by atoms with Gasteiger partial charge in [-0.1, -0.05) is 11.8 Å². The lowest BCUT2D eigenvalue weighted by Crippen LogP contribution is -2.00. The van der Waals surface area contributed by atoms with Crippen molar-refractivity contribution in [3.8, 4) is 0 Å². The number of nitrogen functional groups attached to an aromatic ring is 1. The first-order valence-corrected chi connectivity index (χ1v) is 6.11. The molecule has 2 aromatic rings. The van der Waals surface area contributed by atoms with E-state index >= 15 is 0 Å². The summed E-state index contributed by atoms with van der Waals surface area (Å²) in [5.41, 5.74) is 6.40. The summed E-state index contributed by atoms with van der Waals surface area (Å²) in [6, 6.07) is 7.65. The Labute approximate surface area is 102 Å². The van der Waals surface area contributed by atoms with Gasteiger partial charge in [0, 0.05) is 11.8 Å². The molecule has 1 aromatic heterocycles. The summed E-state index contributed by atoms with van der Waals surface area (Å²) in [6.07, 6.45) is 1.87. The maximum atomic E-state index is 12.7. The highest BCUT2D eigenvalue weighted by atomic mass is 32.2. The number of nitrogens with two attached hydrogens (primary N) is 1. The lowest BCUT2D eigenvalue weighted by Gasteiger charge is -2.07. The van der Waals surface area contributed by atoms with Crippen LogP contribution in [-0.2, 0) is 0 Å². The molecule has 3 N–H and O–H groups in total. The van der Waals surface area contributed by atoms with Gasteiger partial charge in [0.15, 0.2) is 5.16 Å². The molecule has 17 heavy (non-hydrogen) atoms. The van der Waals surface area contributed by atoms with Crippen molar-refractivity contribution in [3.05, 3.63) is 36.1 Å². The average molecular weight is 250 g/mol. The van der Waals surface area contributed by atoms with Crippen molar-refractivity contribution in [3.63, 3.8) is 0 Å². The first-order valence-electron chi connectivity index (χ1n) is 4.88. The number of rotatable bonds is 3. The summed E-state index contributed by atoms with van der Waals surface area (Å²) in [4.78, 5) is 8.27. The van der Waals surface area contributed by atoms with Crippen molar-refractivity contribution in [2.45, 2.75) is 5.16 Å². The van der Waals surface area contributed by atoms with Crippen molar-refractivity contribution < 1.29 is 4.39 Å². The molecule has 0 spiro atoms. The molecule has 0 radical (unpaired) electrons. The molecule has 4 nitrogen and oxygen atoms in total. The Hall–Kier alpha value is -1.82. The van der Waals surface area contributed by atoms with E-state index in [0.717, 1.165) is 5.69 Å². The highest BCUT2D eigenvalue weighted by molar-refractivity contribution is 7.98. The molecule has 0 saturated heterocycles. The molecule has 0 bridgehead atoms. The monoisotopic (exact) mass is 250 g/mol. The van der Waals surface area contributed by atoms with Crippen LogP contribution in [0.1, 0.15) is 0 Å². The van der Waals surface area contributed by atoms with Gasteiger partial charge in [-0.15, -0.1) is 0 Å². The zero-order valence-electron chi connectivity index (χ0n) is 9.14. The van der Waals surface area contributed by atoms with E-state index in [0.29, 0.717) is 16.8 Å². The number of nitrogens with zero attached hydrogens (tertiary/aromatic N) is 2. The van der Waals surface area contributed by atoms with E-state index in [4.69, 9.17) is 5.73 Å². The molecule has 0 amide bonds. The zero-order chi connectivity index (χ0) is 12.3. The molecular weight excluding hydrogens is 239 g/mol. The number of halogens is 1. The van der Waals surface area contributed by atoms with Gasteiger partial charge in [0.25, 0.3) is 0 Å². The Morgan fingerprint density at radius 2 is 1.94 bits per heavy atom. The minimum Gasteiger partial charge on any atom is -0.383 e. The zero-order valence-corrected chi connectivity index (χ0v) is 9.96. The Bertz CT molecular complexity index is 515. The highest BCUT2D eigenvalue weighted by Gasteiger charge is 2.02. The van der Waals surface area contributed by atoms with Crippen molar-refractivity contribution in [2.24, 2.45) is 0 Å². The van der Waals surface area contributed by atoms with Crippen molar-refractivity contribution in [1.29, 1.82) is 0 Å². The fraction of sp³-hybridized carbons (Fsp3) is 0.0909. The van der Waals surface area contributed by atoms with E-state index < -0.39 is 0 Å². The maximum absolute atomic E-state index is 12.7. The second-order valence-electron chi connectivity index (χ2n) is 3.30. The van der Waals surface area contributed by atoms with E-state index in [-0.39, 0.29) is 5.82 Å². The largest absolute Gasteiger partial charge is 0.383 e. The van der Waals surface area contributed by atoms with Gasteiger partial charge in [-0.05, 0) is 30.5 Å². The molecule has 88 valence electrons. The summed E-state index contributed by atoms with van der Waals surface area (Å²) in [6.45, 7) is 0. The molecule has 0 fully saturated rings. The fourth-order valence-electron chi connectivity index (χ4n) is 1.28. The highest BCUT2D eigenvalue weighted by Crippen LogP contribution is 2.19. The standard InChI is InChI=1S/C11H11FN4S/c1-17-11-15-9(13)6-10(16-11)14-8-4-2-7(12)3-5-8/h2-6H,1H3,(H3,13,14,15,16). The van der Waals surface area contributed by atoms with Gasteiger partial charge < -0.3 is 11.1 Å². The molecule has 0 unspecified atom stereocenters. The summed E-state index contributed by atoms with van der Waals surface area (Å²) in [5.74, 6) is 0.713. The maximum Gasteiger partial charge on any atom is 0.191 e. The van der Waals surface area contributed by atoms with Gasteiger partial charge in [-0.25, -0.2) is 14.4 Å². The third-order valence-electron chi connectivity index (χ3n) is 2.02.